The number of nitrogens with one attached hydrogen (secondary N) is 1. The number of hydrogen-bond donors (Lipinski definition) is 3. The number of carboxylic acid groups (broad SMARTS) is 1. The van der Waals surface area contributed by atoms with Gasteiger partial charge >= 0.3 is 12.1 Å². The van der Waals surface area contributed by atoms with Crippen LogP contribution in [0.2, 0.25) is 5.02 Å². The van der Waals surface area contributed by atoms with E-state index in [2.05, 4.69) is 27.0 Å². The molecule has 0 aliphatic carbocycles. The zero-order chi connectivity index (χ0) is 29.8. The molecule has 3 heterocycles. The van der Waals surface area contributed by atoms with Gasteiger partial charge in [-0.1, -0.05) is 36.4 Å². The number of ether oxygens (including phenoxy) is 1. The lowest BCUT2D eigenvalue weighted by Crippen LogP contribution is -2.46. The molecule has 10 nitrogen and oxygen atoms in total. The number of carbonyl (C=O) groups is 2. The van der Waals surface area contributed by atoms with Gasteiger partial charge in [-0.3, -0.25) is 4.79 Å². The summed E-state index contributed by atoms with van der Waals surface area (Å²) in [5.41, 5.74) is 0.784. The van der Waals surface area contributed by atoms with Crippen LogP contribution in [-0.4, -0.2) is 70.6 Å². The molecule has 2 aliphatic heterocycles. The van der Waals surface area contributed by atoms with Gasteiger partial charge in [0, 0.05) is 37.6 Å². The summed E-state index contributed by atoms with van der Waals surface area (Å²) in [6.45, 7) is 10.7. The van der Waals surface area contributed by atoms with Crippen molar-refractivity contribution in [1.29, 1.82) is 0 Å². The van der Waals surface area contributed by atoms with Crippen LogP contribution in [-0.2, 0) is 16.1 Å². The number of aromatic nitrogens is 2. The Labute approximate surface area is 250 Å². The fourth-order valence-electron chi connectivity index (χ4n) is 5.16. The van der Waals surface area contributed by atoms with Crippen LogP contribution < -0.4 is 15.1 Å². The van der Waals surface area contributed by atoms with E-state index in [9.17, 15) is 19.8 Å². The fraction of sp³-hybridized carbons (Fsp3) is 0.586. The molecule has 1 amide bonds. The molecule has 4 rings (SSSR count). The minimum atomic E-state index is -0.740. The number of halogens is 1. The van der Waals surface area contributed by atoms with Crippen molar-refractivity contribution in [3.8, 4) is 0 Å². The van der Waals surface area contributed by atoms with Gasteiger partial charge in [0.15, 0.2) is 5.82 Å². The molecule has 224 valence electrons. The van der Waals surface area contributed by atoms with E-state index in [1.165, 1.54) is 11.8 Å². The first-order valence-corrected chi connectivity index (χ1v) is 15.2. The zero-order valence-electron chi connectivity index (χ0n) is 24.2. The highest BCUT2D eigenvalue weighted by molar-refractivity contribution is 7.99. The standard InChI is InChI=1S/C29H40ClN5O5S/c1-28(2,3)40-27(39)32-18-29(4)10-14-35(15-11-29)25-20(17-36)33-23(16-31-25)41-22-7-5-6-21(24(22)30)34-12-8-19(9-13-34)26(37)38/h5-7,16,19,36H,8-15,17-18H2,1-4H3,(H,32,39)(H,37,38). The van der Waals surface area contributed by atoms with Crippen molar-refractivity contribution < 1.29 is 24.5 Å². The Kier molecular flexibility index (Phi) is 9.92. The first kappa shape index (κ1) is 31.2. The smallest absolute Gasteiger partial charge is 0.407 e. The highest BCUT2D eigenvalue weighted by Gasteiger charge is 2.33. The minimum absolute atomic E-state index is 0.0688. The summed E-state index contributed by atoms with van der Waals surface area (Å²) in [6, 6.07) is 5.81. The minimum Gasteiger partial charge on any atom is -0.481 e. The third-order valence-electron chi connectivity index (χ3n) is 7.62. The van der Waals surface area contributed by atoms with Crippen LogP contribution in [0.15, 0.2) is 34.3 Å². The molecule has 0 radical (unpaired) electrons. The van der Waals surface area contributed by atoms with Gasteiger partial charge in [0.1, 0.15) is 16.3 Å². The van der Waals surface area contributed by atoms with Crippen molar-refractivity contribution in [2.75, 3.05) is 42.5 Å². The summed E-state index contributed by atoms with van der Waals surface area (Å²) in [4.78, 5) is 37.9. The van der Waals surface area contributed by atoms with Crippen LogP contribution in [0.1, 0.15) is 59.1 Å². The Morgan fingerprint density at radius 1 is 1.17 bits per heavy atom. The fourth-order valence-corrected chi connectivity index (χ4v) is 6.35. The van der Waals surface area contributed by atoms with Crippen LogP contribution in [0.3, 0.4) is 0 Å². The van der Waals surface area contributed by atoms with Gasteiger partial charge in [-0.2, -0.15) is 0 Å². The van der Waals surface area contributed by atoms with Crippen molar-refractivity contribution in [1.82, 2.24) is 15.3 Å². The molecule has 3 N–H and O–H groups in total. The summed E-state index contributed by atoms with van der Waals surface area (Å²) in [7, 11) is 0. The zero-order valence-corrected chi connectivity index (χ0v) is 25.7. The van der Waals surface area contributed by atoms with E-state index in [4.69, 9.17) is 21.3 Å². The van der Waals surface area contributed by atoms with Gasteiger partial charge in [0.05, 0.1) is 29.4 Å². The predicted octanol–water partition coefficient (Wildman–Crippen LogP) is 5.21. The number of piperidine rings is 2. The maximum Gasteiger partial charge on any atom is 0.407 e. The number of amides is 1. The molecule has 1 aromatic heterocycles. The van der Waals surface area contributed by atoms with Gasteiger partial charge in [-0.05, 0) is 64.0 Å². The van der Waals surface area contributed by atoms with E-state index in [1.54, 1.807) is 6.20 Å². The molecule has 41 heavy (non-hydrogen) atoms. The second kappa shape index (κ2) is 13.0. The van der Waals surface area contributed by atoms with Gasteiger partial charge in [0.2, 0.25) is 0 Å². The van der Waals surface area contributed by atoms with Gasteiger partial charge in [-0.15, -0.1) is 0 Å². The van der Waals surface area contributed by atoms with E-state index in [0.717, 1.165) is 36.5 Å². The summed E-state index contributed by atoms with van der Waals surface area (Å²) in [5, 5.41) is 23.6. The van der Waals surface area contributed by atoms with Crippen molar-refractivity contribution in [2.24, 2.45) is 11.3 Å². The summed E-state index contributed by atoms with van der Waals surface area (Å²) in [6.07, 6.45) is 4.17. The second-order valence-electron chi connectivity index (χ2n) is 12.1. The number of carbonyl (C=O) groups excluding carboxylic acids is 1. The number of hydrogen-bond acceptors (Lipinski definition) is 9. The molecule has 0 saturated carbocycles. The molecule has 12 heteroatoms. The number of aliphatic hydroxyl groups excluding tert-OH is 1. The monoisotopic (exact) mass is 605 g/mol. The van der Waals surface area contributed by atoms with Gasteiger partial charge in [-0.25, -0.2) is 14.8 Å². The first-order chi connectivity index (χ1) is 19.4. The van der Waals surface area contributed by atoms with Crippen LogP contribution in [0.5, 0.6) is 0 Å². The Morgan fingerprint density at radius 3 is 2.46 bits per heavy atom. The molecule has 1 aromatic carbocycles. The Balaban J connectivity index is 1.38. The van der Waals surface area contributed by atoms with E-state index >= 15 is 0 Å². The van der Waals surface area contributed by atoms with Crippen molar-refractivity contribution in [3.63, 3.8) is 0 Å². The third-order valence-corrected chi connectivity index (χ3v) is 9.10. The van der Waals surface area contributed by atoms with Gasteiger partial charge < -0.3 is 30.1 Å². The number of aliphatic carboxylic acids is 1. The lowest BCUT2D eigenvalue weighted by atomic mass is 9.80. The number of alkyl carbamates (subject to hydrolysis) is 1. The van der Waals surface area contributed by atoms with E-state index in [0.29, 0.717) is 54.0 Å². The third kappa shape index (κ3) is 8.17. The SMILES string of the molecule is CC1(CNC(=O)OC(C)(C)C)CCN(c2ncc(Sc3cccc(N4CCC(C(=O)O)CC4)c3Cl)nc2CO)CC1. The van der Waals surface area contributed by atoms with Crippen LogP contribution in [0.25, 0.3) is 0 Å². The maximum absolute atomic E-state index is 12.1. The molecule has 0 unspecified atom stereocenters. The quantitative estimate of drug-likeness (QED) is 0.369. The van der Waals surface area contributed by atoms with Crippen molar-refractivity contribution in [2.45, 2.75) is 75.5 Å². The number of aliphatic hydroxyl groups is 1. The number of benzene rings is 1. The summed E-state index contributed by atoms with van der Waals surface area (Å²) in [5.74, 6) is -0.383. The highest BCUT2D eigenvalue weighted by atomic mass is 35.5. The van der Waals surface area contributed by atoms with E-state index in [-0.39, 0.29) is 17.9 Å². The Morgan fingerprint density at radius 2 is 1.85 bits per heavy atom. The molecule has 0 spiro atoms. The number of nitrogens with zero attached hydrogens (tertiary/aromatic N) is 4. The largest absolute Gasteiger partial charge is 0.481 e. The van der Waals surface area contributed by atoms with Crippen molar-refractivity contribution in [3.05, 3.63) is 35.1 Å². The predicted molar refractivity (Wildman–Crippen MR) is 160 cm³/mol. The number of rotatable bonds is 8. The average Bonchev–Trinajstić information content (AvgIpc) is 2.93. The summed E-state index contributed by atoms with van der Waals surface area (Å²) >= 11 is 8.19. The summed E-state index contributed by atoms with van der Waals surface area (Å²) < 4.78 is 5.37. The molecular weight excluding hydrogens is 566 g/mol. The Hall–Kier alpha value is -2.76. The van der Waals surface area contributed by atoms with Crippen molar-refractivity contribution >= 4 is 46.9 Å². The lowest BCUT2D eigenvalue weighted by Gasteiger charge is -2.40. The molecule has 0 bridgehead atoms. The molecule has 0 atom stereocenters. The van der Waals surface area contributed by atoms with E-state index in [1.807, 2.05) is 39.0 Å². The average molecular weight is 606 g/mol. The van der Waals surface area contributed by atoms with E-state index < -0.39 is 17.7 Å². The first-order valence-electron chi connectivity index (χ1n) is 14.0. The number of anilines is 2. The lowest BCUT2D eigenvalue weighted by molar-refractivity contribution is -0.142. The maximum atomic E-state index is 12.1. The normalized spacial score (nSPS) is 17.8. The Bertz CT molecular complexity index is 1240. The van der Waals surface area contributed by atoms with Crippen LogP contribution in [0.4, 0.5) is 16.3 Å². The van der Waals surface area contributed by atoms with Gasteiger partial charge in [0.25, 0.3) is 0 Å². The highest BCUT2D eigenvalue weighted by Crippen LogP contribution is 2.40. The molecule has 2 aliphatic rings. The van der Waals surface area contributed by atoms with Crippen LogP contribution >= 0.6 is 23.4 Å². The molecular formula is C29H40ClN5O5S. The second-order valence-corrected chi connectivity index (χ2v) is 13.5. The topological polar surface area (TPSA) is 128 Å². The molecule has 2 fully saturated rings. The molecule has 2 aromatic rings. The number of carboxylic acids is 1. The van der Waals surface area contributed by atoms with Crippen LogP contribution in [0, 0.1) is 11.3 Å². The molecule has 2 saturated heterocycles.